The van der Waals surface area contributed by atoms with Gasteiger partial charge in [0.05, 0.1) is 5.52 Å². The summed E-state index contributed by atoms with van der Waals surface area (Å²) in [6, 6.07) is 14.0. The smallest absolute Gasteiger partial charge is 0.268 e. The highest BCUT2D eigenvalue weighted by molar-refractivity contribution is 5.98. The minimum Gasteiger partial charge on any atom is -0.353 e. The fourth-order valence-electron chi connectivity index (χ4n) is 3.73. The number of nitrogens with one attached hydrogen (secondary N) is 2. The number of rotatable bonds is 3. The van der Waals surface area contributed by atoms with Gasteiger partial charge >= 0.3 is 0 Å². The minimum atomic E-state index is -0.0538. The van der Waals surface area contributed by atoms with Gasteiger partial charge in [-0.05, 0) is 30.7 Å². The summed E-state index contributed by atoms with van der Waals surface area (Å²) < 4.78 is 2.07. The molecule has 6 heteroatoms. The van der Waals surface area contributed by atoms with Gasteiger partial charge in [-0.3, -0.25) is 4.79 Å². The van der Waals surface area contributed by atoms with E-state index in [0.29, 0.717) is 5.69 Å². The molecule has 1 atom stereocenters. The predicted octanol–water partition coefficient (Wildman–Crippen LogP) is 2.82. The van der Waals surface area contributed by atoms with E-state index in [0.717, 1.165) is 41.7 Å². The molecule has 1 saturated heterocycles. The van der Waals surface area contributed by atoms with Crippen molar-refractivity contribution >= 4 is 28.1 Å². The molecule has 4 heterocycles. The van der Waals surface area contributed by atoms with Crippen LogP contribution in [0.3, 0.4) is 0 Å². The molecular formula is C20H19N5O. The number of hydrogen-bond donors (Lipinski definition) is 2. The van der Waals surface area contributed by atoms with Crippen molar-refractivity contribution in [3.05, 3.63) is 66.7 Å². The van der Waals surface area contributed by atoms with E-state index in [1.54, 1.807) is 0 Å². The molecule has 1 aliphatic heterocycles. The summed E-state index contributed by atoms with van der Waals surface area (Å²) in [5, 5.41) is 4.20. The molecule has 0 saturated carbocycles. The molecule has 1 aliphatic rings. The molecule has 26 heavy (non-hydrogen) atoms. The second kappa shape index (κ2) is 5.91. The molecule has 5 rings (SSSR count). The fraction of sp³-hybridized carbons (Fsp3) is 0.200. The number of aromatic amines is 1. The maximum Gasteiger partial charge on any atom is 0.268 e. The number of benzene rings is 1. The molecular weight excluding hydrogens is 326 g/mol. The van der Waals surface area contributed by atoms with Crippen LogP contribution in [0.5, 0.6) is 0 Å². The van der Waals surface area contributed by atoms with E-state index in [4.69, 9.17) is 0 Å². The van der Waals surface area contributed by atoms with Gasteiger partial charge in [0.25, 0.3) is 5.91 Å². The number of H-pyrrole nitrogens is 1. The summed E-state index contributed by atoms with van der Waals surface area (Å²) in [6.45, 7) is 1.65. The predicted molar refractivity (Wildman–Crippen MR) is 102 cm³/mol. The zero-order valence-corrected chi connectivity index (χ0v) is 14.2. The van der Waals surface area contributed by atoms with Crippen LogP contribution in [0.25, 0.3) is 16.4 Å². The number of amides is 1. The van der Waals surface area contributed by atoms with Gasteiger partial charge in [0.2, 0.25) is 0 Å². The van der Waals surface area contributed by atoms with Crippen molar-refractivity contribution in [2.45, 2.75) is 12.5 Å². The SMILES string of the molecule is O=C(N[C@H]1CCN(c2nccn3cccc23)C1)c1cc2ccccc2[nH]1. The average molecular weight is 345 g/mol. The number of para-hydroxylation sites is 1. The van der Waals surface area contributed by atoms with Crippen molar-refractivity contribution in [1.29, 1.82) is 0 Å². The van der Waals surface area contributed by atoms with Gasteiger partial charge in [-0.15, -0.1) is 0 Å². The molecule has 130 valence electrons. The van der Waals surface area contributed by atoms with Crippen LogP contribution in [0.1, 0.15) is 16.9 Å². The van der Waals surface area contributed by atoms with E-state index in [2.05, 4.69) is 30.7 Å². The van der Waals surface area contributed by atoms with E-state index in [9.17, 15) is 4.79 Å². The molecule has 0 bridgehead atoms. The van der Waals surface area contributed by atoms with Crippen molar-refractivity contribution in [3.63, 3.8) is 0 Å². The molecule has 1 amide bonds. The highest BCUT2D eigenvalue weighted by atomic mass is 16.2. The van der Waals surface area contributed by atoms with Crippen molar-refractivity contribution < 1.29 is 4.79 Å². The summed E-state index contributed by atoms with van der Waals surface area (Å²) in [5.41, 5.74) is 2.68. The summed E-state index contributed by atoms with van der Waals surface area (Å²) >= 11 is 0. The topological polar surface area (TPSA) is 65.4 Å². The van der Waals surface area contributed by atoms with Gasteiger partial charge < -0.3 is 19.6 Å². The summed E-state index contributed by atoms with van der Waals surface area (Å²) in [5.74, 6) is 0.918. The summed E-state index contributed by atoms with van der Waals surface area (Å²) in [7, 11) is 0. The fourth-order valence-corrected chi connectivity index (χ4v) is 3.73. The Morgan fingerprint density at radius 3 is 3.04 bits per heavy atom. The Kier molecular flexibility index (Phi) is 3.41. The van der Waals surface area contributed by atoms with Crippen LogP contribution < -0.4 is 10.2 Å². The van der Waals surface area contributed by atoms with Crippen LogP contribution in [0, 0.1) is 0 Å². The first-order valence-corrected chi connectivity index (χ1v) is 8.83. The lowest BCUT2D eigenvalue weighted by molar-refractivity contribution is 0.0936. The summed E-state index contributed by atoms with van der Waals surface area (Å²) in [4.78, 5) is 22.6. The molecule has 1 fully saturated rings. The normalized spacial score (nSPS) is 17.2. The molecule has 1 aromatic carbocycles. The average Bonchev–Trinajstić information content (AvgIpc) is 3.39. The van der Waals surface area contributed by atoms with Crippen LogP contribution >= 0.6 is 0 Å². The number of fused-ring (bicyclic) bond motifs is 2. The third-order valence-corrected chi connectivity index (χ3v) is 5.03. The van der Waals surface area contributed by atoms with E-state index in [1.165, 1.54) is 0 Å². The van der Waals surface area contributed by atoms with E-state index in [-0.39, 0.29) is 11.9 Å². The third-order valence-electron chi connectivity index (χ3n) is 5.03. The maximum absolute atomic E-state index is 12.6. The van der Waals surface area contributed by atoms with Crippen LogP contribution in [0.2, 0.25) is 0 Å². The van der Waals surface area contributed by atoms with Crippen molar-refractivity contribution in [3.8, 4) is 0 Å². The Morgan fingerprint density at radius 2 is 2.12 bits per heavy atom. The molecule has 0 unspecified atom stereocenters. The zero-order valence-electron chi connectivity index (χ0n) is 14.2. The van der Waals surface area contributed by atoms with Gasteiger partial charge in [0.15, 0.2) is 5.82 Å². The van der Waals surface area contributed by atoms with Crippen LogP contribution in [0.4, 0.5) is 5.82 Å². The van der Waals surface area contributed by atoms with Crippen LogP contribution in [0.15, 0.2) is 61.1 Å². The van der Waals surface area contributed by atoms with Gasteiger partial charge in [-0.1, -0.05) is 18.2 Å². The Hall–Kier alpha value is -3.28. The minimum absolute atomic E-state index is 0.0538. The monoisotopic (exact) mass is 345 g/mol. The van der Waals surface area contributed by atoms with E-state index in [1.807, 2.05) is 55.0 Å². The van der Waals surface area contributed by atoms with Crippen molar-refractivity contribution in [2.24, 2.45) is 0 Å². The van der Waals surface area contributed by atoms with Gasteiger partial charge in [0, 0.05) is 48.6 Å². The number of aromatic nitrogens is 3. The molecule has 3 aromatic heterocycles. The highest BCUT2D eigenvalue weighted by Gasteiger charge is 2.26. The largest absolute Gasteiger partial charge is 0.353 e. The van der Waals surface area contributed by atoms with Gasteiger partial charge in [-0.2, -0.15) is 0 Å². The molecule has 2 N–H and O–H groups in total. The number of carbonyl (C=O) groups is 1. The Labute approximate surface area is 150 Å². The lowest BCUT2D eigenvalue weighted by Crippen LogP contribution is -2.37. The number of carbonyl (C=O) groups excluding carboxylic acids is 1. The molecule has 6 nitrogen and oxygen atoms in total. The lowest BCUT2D eigenvalue weighted by atomic mass is 10.2. The second-order valence-electron chi connectivity index (χ2n) is 6.73. The first-order valence-electron chi connectivity index (χ1n) is 8.83. The first kappa shape index (κ1) is 15.0. The van der Waals surface area contributed by atoms with Gasteiger partial charge in [0.1, 0.15) is 5.69 Å². The molecule has 0 spiro atoms. The van der Waals surface area contributed by atoms with E-state index < -0.39 is 0 Å². The quantitative estimate of drug-likeness (QED) is 0.600. The maximum atomic E-state index is 12.6. The lowest BCUT2D eigenvalue weighted by Gasteiger charge is -2.19. The molecule has 0 radical (unpaired) electrons. The first-order chi connectivity index (χ1) is 12.8. The van der Waals surface area contributed by atoms with E-state index >= 15 is 0 Å². The van der Waals surface area contributed by atoms with Crippen LogP contribution in [-0.4, -0.2) is 39.4 Å². The Balaban J connectivity index is 1.31. The Bertz CT molecular complexity index is 1060. The number of hydrogen-bond acceptors (Lipinski definition) is 3. The summed E-state index contributed by atoms with van der Waals surface area (Å²) in [6.07, 6.45) is 6.70. The number of anilines is 1. The Morgan fingerprint density at radius 1 is 1.19 bits per heavy atom. The standard InChI is InChI=1S/C20H19N5O/c26-20(17-12-14-4-1-2-5-16(14)23-17)22-15-7-10-25(13-15)19-18-6-3-9-24(18)11-8-21-19/h1-6,8-9,11-12,15,23H,7,10,13H2,(H,22,26)/t15-/m0/s1. The second-order valence-corrected chi connectivity index (χ2v) is 6.73. The van der Waals surface area contributed by atoms with Crippen molar-refractivity contribution in [2.75, 3.05) is 18.0 Å². The zero-order chi connectivity index (χ0) is 17.5. The number of nitrogens with zero attached hydrogens (tertiary/aromatic N) is 3. The van der Waals surface area contributed by atoms with Gasteiger partial charge in [-0.25, -0.2) is 4.98 Å². The molecule has 4 aromatic rings. The van der Waals surface area contributed by atoms with Crippen LogP contribution in [-0.2, 0) is 0 Å². The highest BCUT2D eigenvalue weighted by Crippen LogP contribution is 2.23. The van der Waals surface area contributed by atoms with Crippen molar-refractivity contribution in [1.82, 2.24) is 19.7 Å². The molecule has 0 aliphatic carbocycles. The third kappa shape index (κ3) is 2.50.